The largest absolute Gasteiger partial charge is 0.292 e. The predicted molar refractivity (Wildman–Crippen MR) is 89.1 cm³/mol. The third kappa shape index (κ3) is 3.54. The van der Waals surface area contributed by atoms with Gasteiger partial charge in [0.25, 0.3) is 11.6 Å². The minimum atomic E-state index is -0.684. The molecule has 2 aromatic carbocycles. The summed E-state index contributed by atoms with van der Waals surface area (Å²) in [6, 6.07) is 16.9. The monoisotopic (exact) mass is 338 g/mol. The second-order valence-corrected chi connectivity index (χ2v) is 5.30. The number of rotatable bonds is 5. The molecule has 0 atom stereocenters. The lowest BCUT2D eigenvalue weighted by Crippen LogP contribution is -2.23. The van der Waals surface area contributed by atoms with E-state index in [0.717, 1.165) is 11.1 Å². The molecule has 0 saturated carbocycles. The number of carbonyl (C=O) groups is 1. The number of nitrogens with one attached hydrogen (secondary N) is 1. The van der Waals surface area contributed by atoms with Gasteiger partial charge in [-0.25, -0.2) is 5.48 Å². The summed E-state index contributed by atoms with van der Waals surface area (Å²) in [5.74, 6) is -0.684. The second kappa shape index (κ2) is 6.93. The number of nitro groups is 1. The van der Waals surface area contributed by atoms with Gasteiger partial charge in [-0.1, -0.05) is 42.5 Å². The molecule has 25 heavy (non-hydrogen) atoms. The highest BCUT2D eigenvalue weighted by Crippen LogP contribution is 2.20. The van der Waals surface area contributed by atoms with Crippen molar-refractivity contribution >= 4 is 11.6 Å². The van der Waals surface area contributed by atoms with Crippen LogP contribution in [-0.4, -0.2) is 25.8 Å². The molecule has 0 fully saturated rings. The Balaban J connectivity index is 1.95. The molecule has 0 aliphatic rings. The lowest BCUT2D eigenvalue weighted by atomic mass is 10.1. The van der Waals surface area contributed by atoms with Gasteiger partial charge in [0.2, 0.25) is 0 Å². The third-order valence-electron chi connectivity index (χ3n) is 3.66. The summed E-state index contributed by atoms with van der Waals surface area (Å²) in [5.41, 5.74) is 3.93. The van der Waals surface area contributed by atoms with E-state index >= 15 is 0 Å². The molecule has 0 aliphatic heterocycles. The third-order valence-corrected chi connectivity index (χ3v) is 3.66. The number of benzene rings is 2. The first-order valence-corrected chi connectivity index (χ1v) is 7.39. The SMILES string of the molecule is O=C(NO)c1cc(-c2ccccc2)nn1Cc1ccc([N+](=O)[O-])cc1. The van der Waals surface area contributed by atoms with Crippen LogP contribution in [0.4, 0.5) is 5.69 Å². The predicted octanol–water partition coefficient (Wildman–Crippen LogP) is 2.63. The minimum Gasteiger partial charge on any atom is -0.288 e. The Kier molecular flexibility index (Phi) is 4.53. The molecule has 1 heterocycles. The van der Waals surface area contributed by atoms with Crippen molar-refractivity contribution in [2.24, 2.45) is 0 Å². The number of amides is 1. The van der Waals surface area contributed by atoms with Crippen LogP contribution in [0.3, 0.4) is 0 Å². The maximum absolute atomic E-state index is 11.9. The standard InChI is InChI=1S/C17H14N4O4/c22-17(19-23)16-10-15(13-4-2-1-3-5-13)18-20(16)11-12-6-8-14(9-7-12)21(24)25/h1-10,23H,11H2,(H,19,22). The van der Waals surface area contributed by atoms with Gasteiger partial charge in [-0.05, 0) is 11.6 Å². The Hall–Kier alpha value is -3.52. The van der Waals surface area contributed by atoms with Crippen LogP contribution in [0.25, 0.3) is 11.3 Å². The van der Waals surface area contributed by atoms with Crippen molar-refractivity contribution in [3.63, 3.8) is 0 Å². The van der Waals surface area contributed by atoms with Crippen molar-refractivity contribution in [3.05, 3.63) is 82.0 Å². The topological polar surface area (TPSA) is 110 Å². The van der Waals surface area contributed by atoms with Gasteiger partial charge in [-0.2, -0.15) is 5.10 Å². The first-order chi connectivity index (χ1) is 12.1. The maximum atomic E-state index is 11.9. The van der Waals surface area contributed by atoms with Gasteiger partial charge >= 0.3 is 0 Å². The average molecular weight is 338 g/mol. The number of hydroxylamine groups is 1. The molecule has 1 aromatic heterocycles. The molecule has 0 aliphatic carbocycles. The Morgan fingerprint density at radius 3 is 2.44 bits per heavy atom. The van der Waals surface area contributed by atoms with Gasteiger partial charge in [0.05, 0.1) is 17.2 Å². The van der Waals surface area contributed by atoms with E-state index in [1.165, 1.54) is 16.8 Å². The zero-order valence-electron chi connectivity index (χ0n) is 13.0. The summed E-state index contributed by atoms with van der Waals surface area (Å²) in [4.78, 5) is 22.1. The average Bonchev–Trinajstić information content (AvgIpc) is 3.06. The van der Waals surface area contributed by atoms with E-state index in [1.807, 2.05) is 30.3 Å². The zero-order chi connectivity index (χ0) is 17.8. The molecular formula is C17H14N4O4. The van der Waals surface area contributed by atoms with Crippen LogP contribution in [0.5, 0.6) is 0 Å². The Bertz CT molecular complexity index is 904. The van der Waals surface area contributed by atoms with E-state index in [9.17, 15) is 14.9 Å². The van der Waals surface area contributed by atoms with E-state index in [-0.39, 0.29) is 17.9 Å². The van der Waals surface area contributed by atoms with E-state index in [0.29, 0.717) is 5.69 Å². The summed E-state index contributed by atoms with van der Waals surface area (Å²) in [7, 11) is 0. The van der Waals surface area contributed by atoms with Gasteiger partial charge in [0.1, 0.15) is 5.69 Å². The Morgan fingerprint density at radius 1 is 1.16 bits per heavy atom. The van der Waals surface area contributed by atoms with Crippen LogP contribution in [-0.2, 0) is 6.54 Å². The smallest absolute Gasteiger partial charge is 0.288 e. The second-order valence-electron chi connectivity index (χ2n) is 5.30. The van der Waals surface area contributed by atoms with Crippen LogP contribution in [0.1, 0.15) is 16.1 Å². The highest BCUT2D eigenvalue weighted by Gasteiger charge is 2.16. The summed E-state index contributed by atoms with van der Waals surface area (Å²) >= 11 is 0. The fourth-order valence-corrected chi connectivity index (χ4v) is 2.42. The van der Waals surface area contributed by atoms with E-state index < -0.39 is 10.8 Å². The Morgan fingerprint density at radius 2 is 1.84 bits per heavy atom. The van der Waals surface area contributed by atoms with Crippen molar-refractivity contribution < 1.29 is 14.9 Å². The highest BCUT2D eigenvalue weighted by molar-refractivity contribution is 5.92. The van der Waals surface area contributed by atoms with E-state index in [2.05, 4.69) is 5.10 Å². The van der Waals surface area contributed by atoms with Gasteiger partial charge in [0.15, 0.2) is 0 Å². The molecule has 0 radical (unpaired) electrons. The molecule has 0 unspecified atom stereocenters. The summed E-state index contributed by atoms with van der Waals surface area (Å²) in [6.07, 6.45) is 0. The number of nitro benzene ring substituents is 1. The fraction of sp³-hybridized carbons (Fsp3) is 0.0588. The van der Waals surface area contributed by atoms with E-state index in [1.54, 1.807) is 23.7 Å². The Labute approximate surface area is 142 Å². The van der Waals surface area contributed by atoms with Crippen LogP contribution in [0.15, 0.2) is 60.7 Å². The maximum Gasteiger partial charge on any atom is 0.292 e. The number of hydrogen-bond acceptors (Lipinski definition) is 5. The van der Waals surface area contributed by atoms with E-state index in [4.69, 9.17) is 5.21 Å². The summed E-state index contributed by atoms with van der Waals surface area (Å²) in [6.45, 7) is 0.230. The van der Waals surface area contributed by atoms with Gasteiger partial charge < -0.3 is 0 Å². The quantitative estimate of drug-likeness (QED) is 0.422. The molecule has 3 rings (SSSR count). The van der Waals surface area contributed by atoms with Crippen molar-refractivity contribution in [1.29, 1.82) is 0 Å². The number of non-ortho nitro benzene ring substituents is 1. The lowest BCUT2D eigenvalue weighted by Gasteiger charge is -2.06. The molecule has 8 nitrogen and oxygen atoms in total. The fourth-order valence-electron chi connectivity index (χ4n) is 2.42. The molecule has 2 N–H and O–H groups in total. The van der Waals surface area contributed by atoms with Crippen LogP contribution >= 0.6 is 0 Å². The number of hydrogen-bond donors (Lipinski definition) is 2. The number of nitrogens with zero attached hydrogens (tertiary/aromatic N) is 3. The van der Waals surface area contributed by atoms with Gasteiger partial charge in [-0.3, -0.25) is 24.8 Å². The van der Waals surface area contributed by atoms with Crippen LogP contribution < -0.4 is 5.48 Å². The summed E-state index contributed by atoms with van der Waals surface area (Å²) in [5, 5.41) is 24.1. The molecule has 0 spiro atoms. The molecular weight excluding hydrogens is 324 g/mol. The van der Waals surface area contributed by atoms with Gasteiger partial charge in [0, 0.05) is 17.7 Å². The van der Waals surface area contributed by atoms with Gasteiger partial charge in [-0.15, -0.1) is 0 Å². The summed E-state index contributed by atoms with van der Waals surface area (Å²) < 4.78 is 1.44. The molecule has 0 bridgehead atoms. The lowest BCUT2D eigenvalue weighted by molar-refractivity contribution is -0.384. The molecule has 1 amide bonds. The van der Waals surface area contributed by atoms with Crippen LogP contribution in [0.2, 0.25) is 0 Å². The normalized spacial score (nSPS) is 10.4. The number of aromatic nitrogens is 2. The number of carbonyl (C=O) groups excluding carboxylic acids is 1. The van der Waals surface area contributed by atoms with Crippen LogP contribution in [0, 0.1) is 10.1 Å². The van der Waals surface area contributed by atoms with Crippen molar-refractivity contribution in [2.75, 3.05) is 0 Å². The van der Waals surface area contributed by atoms with Crippen molar-refractivity contribution in [2.45, 2.75) is 6.54 Å². The molecule has 126 valence electrons. The highest BCUT2D eigenvalue weighted by atomic mass is 16.6. The molecule has 0 saturated heterocycles. The van der Waals surface area contributed by atoms with Crippen molar-refractivity contribution in [3.8, 4) is 11.3 Å². The zero-order valence-corrected chi connectivity index (χ0v) is 13.0. The molecule has 3 aromatic rings. The van der Waals surface area contributed by atoms with Crippen molar-refractivity contribution in [1.82, 2.24) is 15.3 Å². The molecule has 8 heteroatoms. The minimum absolute atomic E-state index is 0.0116. The first kappa shape index (κ1) is 16.3. The first-order valence-electron chi connectivity index (χ1n) is 7.39.